The minimum Gasteiger partial charge on any atom is -0.228 e. The van der Waals surface area contributed by atoms with Gasteiger partial charge in [0.2, 0.25) is 0 Å². The van der Waals surface area contributed by atoms with Crippen molar-refractivity contribution in [2.24, 2.45) is 0 Å². The Morgan fingerprint density at radius 1 is 0.351 bits per heavy atom. The number of benzene rings is 9. The third-order valence-corrected chi connectivity index (χ3v) is 12.1. The molecule has 2 nitrogen and oxygen atoms in total. The first kappa shape index (κ1) is 33.2. The molecular formula is C55H38N2. The third-order valence-electron chi connectivity index (χ3n) is 12.1. The minimum absolute atomic E-state index is 0.111. The van der Waals surface area contributed by atoms with Crippen LogP contribution in [0.25, 0.3) is 99.6 Å². The summed E-state index contributed by atoms with van der Waals surface area (Å²) in [5.41, 5.74) is 15.2. The lowest BCUT2D eigenvalue weighted by molar-refractivity contribution is 0.666. The quantitative estimate of drug-likeness (QED) is 0.176. The normalized spacial score (nSPS) is 12.9. The number of hydrogen-bond acceptors (Lipinski definition) is 2. The Morgan fingerprint density at radius 2 is 0.860 bits per heavy atom. The van der Waals surface area contributed by atoms with Crippen LogP contribution in [0.2, 0.25) is 0 Å². The molecule has 0 unspecified atom stereocenters. The van der Waals surface area contributed by atoms with Crippen molar-refractivity contribution in [3.63, 3.8) is 0 Å². The number of aromatic nitrogens is 2. The summed E-state index contributed by atoms with van der Waals surface area (Å²) in [6, 6.07) is 70.1. The fourth-order valence-corrected chi connectivity index (χ4v) is 9.41. The largest absolute Gasteiger partial charge is 0.228 e. The van der Waals surface area contributed by atoms with E-state index in [1.165, 1.54) is 71.4 Å². The maximum absolute atomic E-state index is 5.26. The first-order chi connectivity index (χ1) is 28.0. The highest BCUT2D eigenvalue weighted by atomic mass is 14.9. The molecule has 11 rings (SSSR count). The molecule has 0 aliphatic heterocycles. The Bertz CT molecular complexity index is 3210. The Hall–Kier alpha value is -7.16. The molecule has 57 heavy (non-hydrogen) atoms. The van der Waals surface area contributed by atoms with E-state index in [0.717, 1.165) is 33.5 Å². The van der Waals surface area contributed by atoms with E-state index in [1.54, 1.807) is 0 Å². The fourth-order valence-electron chi connectivity index (χ4n) is 9.41. The van der Waals surface area contributed by atoms with Gasteiger partial charge in [0.1, 0.15) is 0 Å². The van der Waals surface area contributed by atoms with Crippen molar-refractivity contribution in [3.8, 4) is 67.3 Å². The van der Waals surface area contributed by atoms with Crippen LogP contribution in [-0.4, -0.2) is 9.97 Å². The highest BCUT2D eigenvalue weighted by Gasteiger charge is 2.38. The van der Waals surface area contributed by atoms with E-state index in [4.69, 9.17) is 9.97 Å². The lowest BCUT2D eigenvalue weighted by atomic mass is 9.80. The first-order valence-electron chi connectivity index (χ1n) is 19.7. The van der Waals surface area contributed by atoms with Gasteiger partial charge in [-0.1, -0.05) is 196 Å². The first-order valence-corrected chi connectivity index (χ1v) is 19.7. The van der Waals surface area contributed by atoms with Crippen molar-refractivity contribution in [1.82, 2.24) is 9.97 Å². The Kier molecular flexibility index (Phi) is 7.55. The van der Waals surface area contributed by atoms with Crippen LogP contribution in [0.1, 0.15) is 25.0 Å². The monoisotopic (exact) mass is 726 g/mol. The summed E-state index contributed by atoms with van der Waals surface area (Å²) in [5, 5.41) is 7.34. The van der Waals surface area contributed by atoms with E-state index in [-0.39, 0.29) is 5.41 Å². The summed E-state index contributed by atoms with van der Waals surface area (Å²) in [4.78, 5) is 10.4. The average Bonchev–Trinajstić information content (AvgIpc) is 3.52. The van der Waals surface area contributed by atoms with Crippen molar-refractivity contribution >= 4 is 32.3 Å². The molecule has 9 aromatic carbocycles. The van der Waals surface area contributed by atoms with Crippen LogP contribution in [0, 0.1) is 0 Å². The Morgan fingerprint density at radius 3 is 1.63 bits per heavy atom. The molecule has 2 heteroatoms. The van der Waals surface area contributed by atoms with E-state index in [1.807, 2.05) is 18.2 Å². The van der Waals surface area contributed by atoms with Crippen LogP contribution in [0.3, 0.4) is 0 Å². The van der Waals surface area contributed by atoms with E-state index < -0.39 is 0 Å². The van der Waals surface area contributed by atoms with Crippen molar-refractivity contribution in [1.29, 1.82) is 0 Å². The van der Waals surface area contributed by atoms with Gasteiger partial charge in [0, 0.05) is 22.1 Å². The van der Waals surface area contributed by atoms with Crippen LogP contribution in [0.15, 0.2) is 194 Å². The second-order valence-corrected chi connectivity index (χ2v) is 15.7. The molecule has 0 radical (unpaired) electrons. The van der Waals surface area contributed by atoms with E-state index >= 15 is 0 Å². The zero-order valence-electron chi connectivity index (χ0n) is 31.9. The second kappa shape index (κ2) is 13.0. The minimum atomic E-state index is -0.111. The lowest BCUT2D eigenvalue weighted by Crippen LogP contribution is -2.15. The molecule has 0 fully saturated rings. The maximum Gasteiger partial charge on any atom is 0.160 e. The van der Waals surface area contributed by atoms with Crippen LogP contribution in [-0.2, 0) is 5.41 Å². The molecule has 0 saturated carbocycles. The van der Waals surface area contributed by atoms with E-state index in [0.29, 0.717) is 5.82 Å². The van der Waals surface area contributed by atoms with Gasteiger partial charge in [0.25, 0.3) is 0 Å². The maximum atomic E-state index is 5.26. The summed E-state index contributed by atoms with van der Waals surface area (Å²) in [5.74, 6) is 0.713. The van der Waals surface area contributed by atoms with Crippen LogP contribution < -0.4 is 0 Å². The Labute approximate surface area is 332 Å². The zero-order valence-corrected chi connectivity index (χ0v) is 31.9. The zero-order chi connectivity index (χ0) is 38.1. The van der Waals surface area contributed by atoms with Gasteiger partial charge in [-0.2, -0.15) is 0 Å². The van der Waals surface area contributed by atoms with Crippen molar-refractivity contribution in [2.75, 3.05) is 0 Å². The number of rotatable bonds is 5. The summed E-state index contributed by atoms with van der Waals surface area (Å²) in [6.07, 6.45) is 0. The molecule has 1 aliphatic carbocycles. The highest BCUT2D eigenvalue weighted by molar-refractivity contribution is 6.06. The lowest BCUT2D eigenvalue weighted by Gasteiger charge is -2.23. The molecule has 1 aromatic heterocycles. The average molecular weight is 727 g/mol. The van der Waals surface area contributed by atoms with Crippen LogP contribution in [0.4, 0.5) is 0 Å². The van der Waals surface area contributed by atoms with Crippen LogP contribution >= 0.6 is 0 Å². The van der Waals surface area contributed by atoms with Gasteiger partial charge >= 0.3 is 0 Å². The molecule has 0 atom stereocenters. The van der Waals surface area contributed by atoms with E-state index in [9.17, 15) is 0 Å². The van der Waals surface area contributed by atoms with Crippen molar-refractivity contribution in [3.05, 3.63) is 205 Å². The topological polar surface area (TPSA) is 25.8 Å². The smallest absolute Gasteiger partial charge is 0.160 e. The van der Waals surface area contributed by atoms with Crippen LogP contribution in [0.5, 0.6) is 0 Å². The number of nitrogens with zero attached hydrogens (tertiary/aromatic N) is 2. The van der Waals surface area contributed by atoms with Gasteiger partial charge in [-0.3, -0.25) is 0 Å². The van der Waals surface area contributed by atoms with Gasteiger partial charge in [-0.15, -0.1) is 0 Å². The Balaban J connectivity index is 1.06. The van der Waals surface area contributed by atoms with Gasteiger partial charge in [0.15, 0.2) is 5.82 Å². The molecule has 1 heterocycles. The SMILES string of the molecule is CC1(C)c2cccc(-c3cccc(-c4ccc(-c5cc(-c6cccc7ccccc67)nc(-c6ccccc6)n5)c5ccccc45)c3)c2-c2ccc3ccccc3c21. The highest BCUT2D eigenvalue weighted by Crippen LogP contribution is 2.54. The third kappa shape index (κ3) is 5.33. The standard InChI is InChI=1S/C55H38N2/c1-55(2)49-28-14-26-42(52(49)48-30-29-36-16-7-9-23-43(36)53(48)55)39-21-12-20-38(33-39)41-31-32-47(45-25-11-10-24-44(41)45)51-34-50(56-54(57-51)37-17-4-3-5-18-37)46-27-13-19-35-15-6-8-22-40(35)46/h3-34H,1-2H3. The fraction of sp³-hybridized carbons (Fsp3) is 0.0545. The molecule has 0 saturated heterocycles. The molecule has 0 N–H and O–H groups in total. The summed E-state index contributed by atoms with van der Waals surface area (Å²) < 4.78 is 0. The van der Waals surface area contributed by atoms with Crippen molar-refractivity contribution < 1.29 is 0 Å². The molecule has 10 aromatic rings. The molecule has 268 valence electrons. The van der Waals surface area contributed by atoms with Gasteiger partial charge < -0.3 is 0 Å². The molecule has 1 aliphatic rings. The van der Waals surface area contributed by atoms with Crippen molar-refractivity contribution in [2.45, 2.75) is 19.3 Å². The number of hydrogen-bond donors (Lipinski definition) is 0. The van der Waals surface area contributed by atoms with Gasteiger partial charge in [-0.05, 0) is 89.0 Å². The van der Waals surface area contributed by atoms with Gasteiger partial charge in [-0.25, -0.2) is 9.97 Å². The predicted molar refractivity (Wildman–Crippen MR) is 239 cm³/mol. The predicted octanol–water partition coefficient (Wildman–Crippen LogP) is 14.6. The van der Waals surface area contributed by atoms with Gasteiger partial charge in [0.05, 0.1) is 11.4 Å². The summed E-state index contributed by atoms with van der Waals surface area (Å²) in [6.45, 7) is 4.76. The second-order valence-electron chi connectivity index (χ2n) is 15.7. The summed E-state index contributed by atoms with van der Waals surface area (Å²) in [7, 11) is 0. The van der Waals surface area contributed by atoms with E-state index in [2.05, 4.69) is 190 Å². The molecule has 0 bridgehead atoms. The molecule has 0 spiro atoms. The molecule has 0 amide bonds. The summed E-state index contributed by atoms with van der Waals surface area (Å²) >= 11 is 0. The number of fused-ring (bicyclic) bond motifs is 7. The molecular weight excluding hydrogens is 689 g/mol.